The Morgan fingerprint density at radius 2 is 1.69 bits per heavy atom. The summed E-state index contributed by atoms with van der Waals surface area (Å²) in [5.74, 6) is -4.88. The lowest BCUT2D eigenvalue weighted by Gasteiger charge is -2.25. The summed E-state index contributed by atoms with van der Waals surface area (Å²) in [5, 5.41) is 36.5. The molecule has 0 aliphatic heterocycles. The molecular weight excluding hydrogens is 466 g/mol. The normalized spacial score (nSPS) is 15.1. The minimum atomic E-state index is -1.54. The summed E-state index contributed by atoms with van der Waals surface area (Å²) in [6.45, 7) is 1.41. The third-order valence-corrected chi connectivity index (χ3v) is 5.18. The average molecular weight is 500 g/mol. The van der Waals surface area contributed by atoms with E-state index >= 15 is 0 Å². The Morgan fingerprint density at radius 1 is 1.03 bits per heavy atom. The van der Waals surface area contributed by atoms with E-state index in [9.17, 15) is 24.0 Å². The standard InChI is InChI=1S/C20H33N7O8/c1-3-10(2)16(19(33)26-14(8-29)20(34)35)27-15(30)6-23-18(32)13(4-11-5-22-9-24-11)25-17(31)12(21)7-28/h5,9-10,12-14,16,28-29H,3-4,6-8,21H2,1-2H3,(H,22,24)(H,23,32)(H,25,31)(H,26,33)(H,27,30)(H,34,35)/t10-,12-,13-,14-,16-/m0/s1. The van der Waals surface area contributed by atoms with E-state index in [0.717, 1.165) is 0 Å². The molecule has 1 heterocycles. The van der Waals surface area contributed by atoms with Crippen molar-refractivity contribution in [2.24, 2.45) is 11.7 Å². The minimum Gasteiger partial charge on any atom is -0.480 e. The quantitative estimate of drug-likeness (QED) is 0.113. The fraction of sp³-hybridized carbons (Fsp3) is 0.600. The number of hydrogen-bond acceptors (Lipinski definition) is 9. The van der Waals surface area contributed by atoms with Gasteiger partial charge in [-0.2, -0.15) is 0 Å². The van der Waals surface area contributed by atoms with E-state index in [1.165, 1.54) is 12.5 Å². The Morgan fingerprint density at radius 3 is 2.20 bits per heavy atom. The first-order chi connectivity index (χ1) is 16.5. The molecule has 0 aromatic carbocycles. The van der Waals surface area contributed by atoms with Crippen molar-refractivity contribution in [2.75, 3.05) is 19.8 Å². The van der Waals surface area contributed by atoms with Gasteiger partial charge in [0.25, 0.3) is 0 Å². The molecule has 0 spiro atoms. The molecule has 5 atom stereocenters. The van der Waals surface area contributed by atoms with Crippen molar-refractivity contribution in [1.82, 2.24) is 31.2 Å². The van der Waals surface area contributed by atoms with Crippen LogP contribution in [0.15, 0.2) is 12.5 Å². The van der Waals surface area contributed by atoms with Gasteiger partial charge in [0.1, 0.15) is 24.2 Å². The highest BCUT2D eigenvalue weighted by molar-refractivity contribution is 5.94. The van der Waals surface area contributed by atoms with E-state index in [0.29, 0.717) is 12.1 Å². The lowest BCUT2D eigenvalue weighted by atomic mass is 9.98. The van der Waals surface area contributed by atoms with Gasteiger partial charge in [0, 0.05) is 18.3 Å². The van der Waals surface area contributed by atoms with Crippen LogP contribution in [0.5, 0.6) is 0 Å². The van der Waals surface area contributed by atoms with Gasteiger partial charge in [-0.25, -0.2) is 9.78 Å². The van der Waals surface area contributed by atoms with Gasteiger partial charge in [-0.05, 0) is 5.92 Å². The number of carboxylic acids is 1. The monoisotopic (exact) mass is 499 g/mol. The first kappa shape index (κ1) is 29.5. The number of nitrogens with two attached hydrogens (primary N) is 1. The topological polar surface area (TPSA) is 249 Å². The van der Waals surface area contributed by atoms with Gasteiger partial charge in [0.05, 0.1) is 26.1 Å². The van der Waals surface area contributed by atoms with Crippen molar-refractivity contribution in [3.63, 3.8) is 0 Å². The number of amides is 4. The largest absolute Gasteiger partial charge is 0.480 e. The third-order valence-electron chi connectivity index (χ3n) is 5.18. The summed E-state index contributed by atoms with van der Waals surface area (Å²) in [4.78, 5) is 67.4. The average Bonchev–Trinajstić information content (AvgIpc) is 3.35. The number of aliphatic hydroxyl groups is 2. The van der Waals surface area contributed by atoms with Crippen LogP contribution in [0.3, 0.4) is 0 Å². The maximum atomic E-state index is 12.7. The molecule has 15 heteroatoms. The number of nitrogens with one attached hydrogen (secondary N) is 5. The Bertz CT molecular complexity index is 864. The first-order valence-corrected chi connectivity index (χ1v) is 10.9. The van der Waals surface area contributed by atoms with Crippen LogP contribution in [0.25, 0.3) is 0 Å². The number of aromatic nitrogens is 2. The van der Waals surface area contributed by atoms with Crippen molar-refractivity contribution >= 4 is 29.6 Å². The van der Waals surface area contributed by atoms with Gasteiger partial charge in [-0.15, -0.1) is 0 Å². The molecule has 0 aliphatic carbocycles. The molecule has 0 unspecified atom stereocenters. The van der Waals surface area contributed by atoms with Crippen LogP contribution in [0.2, 0.25) is 0 Å². The molecular formula is C20H33N7O8. The van der Waals surface area contributed by atoms with Crippen molar-refractivity contribution in [1.29, 1.82) is 0 Å². The van der Waals surface area contributed by atoms with Crippen LogP contribution in [0.4, 0.5) is 0 Å². The van der Waals surface area contributed by atoms with Crippen LogP contribution >= 0.6 is 0 Å². The van der Waals surface area contributed by atoms with Crippen molar-refractivity contribution in [2.45, 2.75) is 50.9 Å². The molecule has 1 rings (SSSR count). The molecule has 4 amide bonds. The summed E-state index contributed by atoms with van der Waals surface area (Å²) in [5.41, 5.74) is 5.99. The van der Waals surface area contributed by atoms with Crippen molar-refractivity contribution in [3.8, 4) is 0 Å². The first-order valence-electron chi connectivity index (χ1n) is 10.9. The summed E-state index contributed by atoms with van der Waals surface area (Å²) in [6, 6.07) is -5.06. The van der Waals surface area contributed by atoms with Crippen LogP contribution in [0.1, 0.15) is 26.0 Å². The summed E-state index contributed by atoms with van der Waals surface area (Å²) in [7, 11) is 0. The number of H-pyrrole nitrogens is 1. The van der Waals surface area contributed by atoms with Gasteiger partial charge >= 0.3 is 5.97 Å². The number of aliphatic hydroxyl groups excluding tert-OH is 2. The number of imidazole rings is 1. The molecule has 1 aromatic rings. The minimum absolute atomic E-state index is 0.00697. The predicted octanol–water partition coefficient (Wildman–Crippen LogP) is -4.03. The molecule has 35 heavy (non-hydrogen) atoms. The van der Waals surface area contributed by atoms with Crippen LogP contribution in [-0.2, 0) is 30.4 Å². The highest BCUT2D eigenvalue weighted by Gasteiger charge is 2.30. The van der Waals surface area contributed by atoms with Crippen LogP contribution < -0.4 is 27.0 Å². The van der Waals surface area contributed by atoms with Gasteiger partial charge in [-0.3, -0.25) is 19.2 Å². The Kier molecular flexibility index (Phi) is 12.3. The van der Waals surface area contributed by atoms with Crippen molar-refractivity contribution < 1.29 is 39.3 Å². The highest BCUT2D eigenvalue weighted by atomic mass is 16.4. The number of carbonyl (C=O) groups is 5. The second-order valence-corrected chi connectivity index (χ2v) is 7.86. The molecule has 15 nitrogen and oxygen atoms in total. The van der Waals surface area contributed by atoms with Gasteiger partial charge < -0.3 is 47.3 Å². The van der Waals surface area contributed by atoms with E-state index in [1.54, 1.807) is 13.8 Å². The Labute approximate surface area is 201 Å². The van der Waals surface area contributed by atoms with Crippen LogP contribution in [0, 0.1) is 5.92 Å². The van der Waals surface area contributed by atoms with E-state index in [2.05, 4.69) is 31.2 Å². The zero-order chi connectivity index (χ0) is 26.5. The molecule has 196 valence electrons. The second-order valence-electron chi connectivity index (χ2n) is 7.86. The molecule has 10 N–H and O–H groups in total. The smallest absolute Gasteiger partial charge is 0.328 e. The fourth-order valence-corrected chi connectivity index (χ4v) is 2.85. The Balaban J connectivity index is 2.81. The molecule has 1 aromatic heterocycles. The summed E-state index contributed by atoms with van der Waals surface area (Å²) in [6.07, 6.45) is 3.28. The molecule has 0 fully saturated rings. The number of rotatable bonds is 15. The second kappa shape index (κ2) is 14.6. The molecule has 0 saturated heterocycles. The maximum Gasteiger partial charge on any atom is 0.328 e. The molecule has 0 saturated carbocycles. The van der Waals surface area contributed by atoms with E-state index in [-0.39, 0.29) is 6.42 Å². The number of nitrogens with zero attached hydrogens (tertiary/aromatic N) is 1. The number of carbonyl (C=O) groups excluding carboxylic acids is 4. The van der Waals surface area contributed by atoms with Gasteiger partial charge in [0.2, 0.25) is 23.6 Å². The molecule has 0 bridgehead atoms. The number of hydrogen-bond donors (Lipinski definition) is 9. The van der Waals surface area contributed by atoms with E-state index < -0.39 is 79.4 Å². The zero-order valence-electron chi connectivity index (χ0n) is 19.5. The van der Waals surface area contributed by atoms with Crippen LogP contribution in [-0.4, -0.2) is 98.8 Å². The van der Waals surface area contributed by atoms with E-state index in [4.69, 9.17) is 21.1 Å². The molecule has 0 radical (unpaired) electrons. The maximum absolute atomic E-state index is 12.7. The lowest BCUT2D eigenvalue weighted by Crippen LogP contribution is -2.57. The fourth-order valence-electron chi connectivity index (χ4n) is 2.85. The number of carboxylic acid groups (broad SMARTS) is 1. The summed E-state index contributed by atoms with van der Waals surface area (Å²) >= 11 is 0. The van der Waals surface area contributed by atoms with Gasteiger partial charge in [0.15, 0.2) is 0 Å². The Hall–Kier alpha value is -3.56. The van der Waals surface area contributed by atoms with Crippen molar-refractivity contribution in [3.05, 3.63) is 18.2 Å². The number of aromatic amines is 1. The molecule has 0 aliphatic rings. The third kappa shape index (κ3) is 9.68. The number of aliphatic carboxylic acids is 1. The summed E-state index contributed by atoms with van der Waals surface area (Å²) < 4.78 is 0. The van der Waals surface area contributed by atoms with Gasteiger partial charge in [-0.1, -0.05) is 20.3 Å². The zero-order valence-corrected chi connectivity index (χ0v) is 19.5. The predicted molar refractivity (Wildman–Crippen MR) is 120 cm³/mol. The lowest BCUT2D eigenvalue weighted by molar-refractivity contribution is -0.143. The highest BCUT2D eigenvalue weighted by Crippen LogP contribution is 2.08. The van der Waals surface area contributed by atoms with E-state index in [1.807, 2.05) is 0 Å². The SMILES string of the molecule is CC[C@H](C)[C@H](NC(=O)CNC(=O)[C@H](Cc1cnc[nH]1)NC(=O)[C@@H](N)CO)C(=O)N[C@@H](CO)C(=O)O.